The second-order valence-corrected chi connectivity index (χ2v) is 4.69. The lowest BCUT2D eigenvalue weighted by Crippen LogP contribution is -2.29. The number of nitrogens with one attached hydrogen (secondary N) is 2. The van der Waals surface area contributed by atoms with Crippen LogP contribution < -0.4 is 21.6 Å². The van der Waals surface area contributed by atoms with E-state index in [1.54, 1.807) is 0 Å². The first kappa shape index (κ1) is 13.2. The van der Waals surface area contributed by atoms with Crippen LogP contribution in [0.3, 0.4) is 0 Å². The van der Waals surface area contributed by atoms with Gasteiger partial charge in [-0.3, -0.25) is 5.10 Å². The maximum absolute atomic E-state index is 6.00. The molecule has 4 N–H and O–H groups in total. The summed E-state index contributed by atoms with van der Waals surface area (Å²) in [5, 5.41) is 13.2. The van der Waals surface area contributed by atoms with Crippen LogP contribution in [0.15, 0.2) is 30.3 Å². The topological polar surface area (TPSA) is 79.6 Å². The standard InChI is InChI=1S/C16H17N5/c1-3-11-12(4-2)19-16(13-14(11)20-21-15(13)17)18-10-8-6-5-7-9-10/h3-9H,1-2H3,(H,18,19)(H3,17,20,21)/b11-3+,12-4+. The Labute approximate surface area is 122 Å². The Morgan fingerprint density at radius 3 is 2.57 bits per heavy atom. The van der Waals surface area contributed by atoms with Gasteiger partial charge in [0.05, 0.1) is 16.3 Å². The van der Waals surface area contributed by atoms with E-state index in [-0.39, 0.29) is 0 Å². The number of rotatable bonds is 2. The van der Waals surface area contributed by atoms with Crippen molar-refractivity contribution in [2.24, 2.45) is 0 Å². The number of para-hydroxylation sites is 1. The van der Waals surface area contributed by atoms with Gasteiger partial charge in [0.25, 0.3) is 0 Å². The molecule has 0 saturated heterocycles. The van der Waals surface area contributed by atoms with Crippen molar-refractivity contribution < 1.29 is 0 Å². The zero-order chi connectivity index (χ0) is 14.8. The van der Waals surface area contributed by atoms with Gasteiger partial charge < -0.3 is 11.1 Å². The summed E-state index contributed by atoms with van der Waals surface area (Å²) in [5.41, 5.74) is 7.86. The minimum Gasteiger partial charge on any atom is -0.382 e. The number of anilines is 3. The zero-order valence-corrected chi connectivity index (χ0v) is 12.0. The predicted octanol–water partition coefficient (Wildman–Crippen LogP) is 1.88. The molecule has 3 rings (SSSR count). The van der Waals surface area contributed by atoms with Crippen LogP contribution in [0.25, 0.3) is 23.1 Å². The minimum absolute atomic E-state index is 0.446. The lowest BCUT2D eigenvalue weighted by molar-refractivity contribution is 1.12. The maximum Gasteiger partial charge on any atom is 0.156 e. The van der Waals surface area contributed by atoms with E-state index in [0.29, 0.717) is 11.6 Å². The number of aromatic amines is 1. The molecule has 0 atom stereocenters. The zero-order valence-electron chi connectivity index (χ0n) is 12.0. The average Bonchev–Trinajstić information content (AvgIpc) is 2.90. The summed E-state index contributed by atoms with van der Waals surface area (Å²) in [6.07, 6.45) is 3.98. The molecule has 0 aliphatic rings. The third-order valence-electron chi connectivity index (χ3n) is 3.41. The molecular weight excluding hydrogens is 262 g/mol. The van der Waals surface area contributed by atoms with Gasteiger partial charge in [-0.1, -0.05) is 30.4 Å². The van der Waals surface area contributed by atoms with E-state index in [1.165, 1.54) is 0 Å². The van der Waals surface area contributed by atoms with Gasteiger partial charge in [0.2, 0.25) is 0 Å². The van der Waals surface area contributed by atoms with Crippen molar-refractivity contribution in [3.8, 4) is 0 Å². The molecule has 5 nitrogen and oxygen atoms in total. The second-order valence-electron chi connectivity index (χ2n) is 4.69. The van der Waals surface area contributed by atoms with Crippen molar-refractivity contribution in [3.05, 3.63) is 40.9 Å². The number of fused-ring (bicyclic) bond motifs is 1. The van der Waals surface area contributed by atoms with Gasteiger partial charge in [0.15, 0.2) is 5.82 Å². The Kier molecular flexibility index (Phi) is 3.31. The highest BCUT2D eigenvalue weighted by Crippen LogP contribution is 2.24. The first-order chi connectivity index (χ1) is 10.2. The maximum atomic E-state index is 6.00. The van der Waals surface area contributed by atoms with E-state index < -0.39 is 0 Å². The molecular formula is C16H17N5. The van der Waals surface area contributed by atoms with Crippen LogP contribution in [-0.4, -0.2) is 15.2 Å². The van der Waals surface area contributed by atoms with E-state index in [9.17, 15) is 0 Å². The summed E-state index contributed by atoms with van der Waals surface area (Å²) in [6.45, 7) is 3.94. The van der Waals surface area contributed by atoms with Crippen molar-refractivity contribution in [1.82, 2.24) is 15.2 Å². The normalized spacial score (nSPS) is 13.0. The second kappa shape index (κ2) is 5.28. The molecule has 0 aliphatic heterocycles. The lowest BCUT2D eigenvalue weighted by atomic mass is 10.2. The molecule has 3 aromatic rings. The van der Waals surface area contributed by atoms with Crippen LogP contribution in [0.5, 0.6) is 0 Å². The van der Waals surface area contributed by atoms with Crippen LogP contribution in [0.1, 0.15) is 13.8 Å². The summed E-state index contributed by atoms with van der Waals surface area (Å²) in [7, 11) is 0. The minimum atomic E-state index is 0.446. The highest BCUT2D eigenvalue weighted by molar-refractivity contribution is 5.99. The molecule has 2 aromatic heterocycles. The highest BCUT2D eigenvalue weighted by atomic mass is 15.2. The Morgan fingerprint density at radius 2 is 1.90 bits per heavy atom. The lowest BCUT2D eigenvalue weighted by Gasteiger charge is -2.07. The summed E-state index contributed by atoms with van der Waals surface area (Å²) in [5.74, 6) is 1.16. The van der Waals surface area contributed by atoms with E-state index in [1.807, 2.05) is 56.3 Å². The number of hydrogen-bond acceptors (Lipinski definition) is 4. The number of aromatic nitrogens is 3. The molecule has 0 bridgehead atoms. The predicted molar refractivity (Wildman–Crippen MR) is 87.6 cm³/mol. The van der Waals surface area contributed by atoms with Gasteiger partial charge >= 0.3 is 0 Å². The summed E-state index contributed by atoms with van der Waals surface area (Å²) in [4.78, 5) is 4.68. The molecule has 0 amide bonds. The highest BCUT2D eigenvalue weighted by Gasteiger charge is 2.12. The van der Waals surface area contributed by atoms with E-state index >= 15 is 0 Å². The Morgan fingerprint density at radius 1 is 1.14 bits per heavy atom. The van der Waals surface area contributed by atoms with E-state index in [4.69, 9.17) is 5.73 Å². The van der Waals surface area contributed by atoms with Gasteiger partial charge in [0, 0.05) is 10.9 Å². The third-order valence-corrected chi connectivity index (χ3v) is 3.41. The molecule has 0 aliphatic carbocycles. The van der Waals surface area contributed by atoms with Crippen molar-refractivity contribution in [2.45, 2.75) is 13.8 Å². The number of nitrogens with zero attached hydrogens (tertiary/aromatic N) is 2. The van der Waals surface area contributed by atoms with Gasteiger partial charge in [-0.2, -0.15) is 5.10 Å². The Balaban J connectivity index is 2.30. The van der Waals surface area contributed by atoms with Crippen LogP contribution >= 0.6 is 0 Å². The number of hydrogen-bond donors (Lipinski definition) is 3. The SMILES string of the molecule is C/C=c1\c(=C/C)nc(Nc2ccccc2)c2c(N)n[nH]c12. The monoisotopic (exact) mass is 279 g/mol. The van der Waals surface area contributed by atoms with Crippen molar-refractivity contribution in [1.29, 1.82) is 0 Å². The van der Waals surface area contributed by atoms with Gasteiger partial charge in [-0.15, -0.1) is 0 Å². The van der Waals surface area contributed by atoms with Crippen molar-refractivity contribution in [3.63, 3.8) is 0 Å². The van der Waals surface area contributed by atoms with Gasteiger partial charge in [-0.25, -0.2) is 4.98 Å². The summed E-state index contributed by atoms with van der Waals surface area (Å²) < 4.78 is 0. The molecule has 1 aromatic carbocycles. The number of pyridine rings is 1. The number of nitrogens with two attached hydrogens (primary N) is 1. The average molecular weight is 279 g/mol. The Bertz CT molecular complexity index is 894. The van der Waals surface area contributed by atoms with Crippen LogP contribution in [0.4, 0.5) is 17.3 Å². The number of H-pyrrole nitrogens is 1. The first-order valence-electron chi connectivity index (χ1n) is 6.83. The molecule has 5 heteroatoms. The van der Waals surface area contributed by atoms with E-state index in [2.05, 4.69) is 20.5 Å². The number of benzene rings is 1. The molecule has 21 heavy (non-hydrogen) atoms. The smallest absolute Gasteiger partial charge is 0.156 e. The largest absolute Gasteiger partial charge is 0.382 e. The van der Waals surface area contributed by atoms with Crippen molar-refractivity contribution >= 4 is 40.4 Å². The molecule has 0 spiro atoms. The fraction of sp³-hybridized carbons (Fsp3) is 0.125. The van der Waals surface area contributed by atoms with Gasteiger partial charge in [-0.05, 0) is 26.0 Å². The molecule has 0 saturated carbocycles. The molecule has 0 fully saturated rings. The van der Waals surface area contributed by atoms with Crippen molar-refractivity contribution in [2.75, 3.05) is 11.1 Å². The molecule has 0 unspecified atom stereocenters. The quantitative estimate of drug-likeness (QED) is 0.669. The van der Waals surface area contributed by atoms with Crippen LogP contribution in [0.2, 0.25) is 0 Å². The summed E-state index contributed by atoms with van der Waals surface area (Å²) in [6, 6.07) is 9.89. The fourth-order valence-electron chi connectivity index (χ4n) is 2.42. The first-order valence-corrected chi connectivity index (χ1v) is 6.83. The fourth-order valence-corrected chi connectivity index (χ4v) is 2.42. The number of nitrogen functional groups attached to an aromatic ring is 1. The van der Waals surface area contributed by atoms with Crippen LogP contribution in [-0.2, 0) is 0 Å². The molecule has 2 heterocycles. The third kappa shape index (κ3) is 2.23. The van der Waals surface area contributed by atoms with Crippen LogP contribution in [0, 0.1) is 0 Å². The van der Waals surface area contributed by atoms with E-state index in [0.717, 1.165) is 27.2 Å². The summed E-state index contributed by atoms with van der Waals surface area (Å²) >= 11 is 0. The molecule has 0 radical (unpaired) electrons. The Hall–Kier alpha value is -2.82. The molecule has 106 valence electrons. The van der Waals surface area contributed by atoms with Gasteiger partial charge in [0.1, 0.15) is 5.82 Å².